The molecule has 1 rings (SSSR count). The lowest BCUT2D eigenvalue weighted by molar-refractivity contribution is 0.569. The van der Waals surface area contributed by atoms with Gasteiger partial charge in [0, 0.05) is 24.2 Å². The van der Waals surface area contributed by atoms with Crippen molar-refractivity contribution in [2.24, 2.45) is 5.92 Å². The van der Waals surface area contributed by atoms with E-state index in [1.54, 1.807) is 0 Å². The normalized spacial score (nSPS) is 11.3. The number of rotatable bonds is 5. The Morgan fingerprint density at radius 3 is 2.35 bits per heavy atom. The number of hydrogen-bond donors (Lipinski definition) is 3. The third-order valence-electron chi connectivity index (χ3n) is 2.34. The van der Waals surface area contributed by atoms with Gasteiger partial charge in [-0.3, -0.25) is 0 Å². The van der Waals surface area contributed by atoms with E-state index in [2.05, 4.69) is 19.2 Å². The fraction of sp³-hybridized carbons (Fsp3) is 0.538. The Hall–Kier alpha value is -0.870. The van der Waals surface area contributed by atoms with E-state index in [0.717, 1.165) is 29.2 Å². The summed E-state index contributed by atoms with van der Waals surface area (Å²) in [5, 5.41) is 3.00. The quantitative estimate of drug-likeness (QED) is 0.551. The largest absolute Gasteiger partial charge is 0.399 e. The van der Waals surface area contributed by atoms with Gasteiger partial charge in [-0.25, -0.2) is 0 Å². The Kier molecular flexibility index (Phi) is 9.77. The van der Waals surface area contributed by atoms with Crippen molar-refractivity contribution >= 4 is 23.4 Å². The molecule has 0 aliphatic carbocycles. The molecule has 1 aromatic rings. The van der Waals surface area contributed by atoms with Gasteiger partial charge in [0.25, 0.3) is 0 Å². The summed E-state index contributed by atoms with van der Waals surface area (Å²) in [7, 11) is 1.88. The van der Waals surface area contributed by atoms with Crippen LogP contribution in [0.1, 0.15) is 26.7 Å². The Balaban J connectivity index is 0.000000304. The lowest BCUT2D eigenvalue weighted by atomic mass is 10.1. The number of hydrogen-bond acceptors (Lipinski definition) is 4. The van der Waals surface area contributed by atoms with Gasteiger partial charge in [-0.2, -0.15) is 0 Å². The summed E-state index contributed by atoms with van der Waals surface area (Å²) in [6.45, 7) is 4.32. The maximum absolute atomic E-state index is 8.38. The molecule has 0 amide bonds. The van der Waals surface area contributed by atoms with E-state index < -0.39 is 0 Å². The van der Waals surface area contributed by atoms with E-state index in [4.69, 9.17) is 10.3 Å². The molecule has 0 aromatic heterocycles. The lowest BCUT2D eigenvalue weighted by Crippen LogP contribution is -1.95. The highest BCUT2D eigenvalue weighted by Crippen LogP contribution is 2.09. The van der Waals surface area contributed by atoms with Crippen LogP contribution >= 0.6 is 12.0 Å². The molecule has 0 spiro atoms. The van der Waals surface area contributed by atoms with Crippen LogP contribution in [0.15, 0.2) is 24.3 Å². The molecule has 0 heterocycles. The second-order valence-electron chi connectivity index (χ2n) is 4.06. The summed E-state index contributed by atoms with van der Waals surface area (Å²) in [4.78, 5) is 0. The van der Waals surface area contributed by atoms with Crippen LogP contribution in [0.5, 0.6) is 0 Å². The Morgan fingerprint density at radius 1 is 1.35 bits per heavy atom. The van der Waals surface area contributed by atoms with E-state index in [1.165, 1.54) is 12.8 Å². The number of nitrogens with one attached hydrogen (secondary N) is 1. The van der Waals surface area contributed by atoms with E-state index in [1.807, 2.05) is 31.3 Å². The molecule has 0 fully saturated rings. The zero-order valence-electron chi connectivity index (χ0n) is 10.9. The van der Waals surface area contributed by atoms with Gasteiger partial charge in [-0.15, -0.1) is 0 Å². The van der Waals surface area contributed by atoms with E-state index in [0.29, 0.717) is 5.92 Å². The highest BCUT2D eigenvalue weighted by Gasteiger charge is 1.97. The smallest absolute Gasteiger partial charge is 0.0339 e. The molecule has 0 radical (unpaired) electrons. The number of anilines is 2. The van der Waals surface area contributed by atoms with E-state index in [-0.39, 0.29) is 0 Å². The van der Waals surface area contributed by atoms with Gasteiger partial charge in [0.15, 0.2) is 0 Å². The topological polar surface area (TPSA) is 58.3 Å². The molecular weight excluding hydrogens is 232 g/mol. The molecular formula is C13H24N2OS. The standard InChI is InChI=1S/C7H10N2.C6H14OS/c1-9-7-4-2-6(8)3-5-7;1-3-4-6(2)5-8-7/h2-5,9H,8H2,1H3;6-7H,3-5H2,1-2H3. The minimum Gasteiger partial charge on any atom is -0.399 e. The Labute approximate surface area is 109 Å². The summed E-state index contributed by atoms with van der Waals surface area (Å²) in [6.07, 6.45) is 2.45. The molecule has 4 heteroatoms. The first kappa shape index (κ1) is 16.1. The first-order chi connectivity index (χ1) is 8.13. The van der Waals surface area contributed by atoms with Gasteiger partial charge in [0.1, 0.15) is 0 Å². The van der Waals surface area contributed by atoms with Crippen LogP contribution in [-0.4, -0.2) is 17.4 Å². The van der Waals surface area contributed by atoms with Crippen molar-refractivity contribution in [1.82, 2.24) is 0 Å². The van der Waals surface area contributed by atoms with Crippen molar-refractivity contribution in [2.45, 2.75) is 26.7 Å². The van der Waals surface area contributed by atoms with Crippen LogP contribution in [0.2, 0.25) is 0 Å². The minimum absolute atomic E-state index is 0.676. The summed E-state index contributed by atoms with van der Waals surface area (Å²) in [5.74, 6) is 1.56. The van der Waals surface area contributed by atoms with Crippen LogP contribution in [0.3, 0.4) is 0 Å². The van der Waals surface area contributed by atoms with Crippen LogP contribution in [-0.2, 0) is 0 Å². The molecule has 0 aliphatic rings. The monoisotopic (exact) mass is 256 g/mol. The maximum atomic E-state index is 8.38. The van der Waals surface area contributed by atoms with Crippen molar-refractivity contribution in [3.05, 3.63) is 24.3 Å². The zero-order valence-corrected chi connectivity index (χ0v) is 11.8. The van der Waals surface area contributed by atoms with Crippen LogP contribution in [0.4, 0.5) is 11.4 Å². The van der Waals surface area contributed by atoms with Crippen molar-refractivity contribution in [1.29, 1.82) is 0 Å². The van der Waals surface area contributed by atoms with Crippen molar-refractivity contribution in [2.75, 3.05) is 23.9 Å². The van der Waals surface area contributed by atoms with Crippen LogP contribution in [0, 0.1) is 5.92 Å². The lowest BCUT2D eigenvalue weighted by Gasteiger charge is -2.04. The predicted molar refractivity (Wildman–Crippen MR) is 79.6 cm³/mol. The molecule has 0 aliphatic heterocycles. The molecule has 1 aromatic carbocycles. The van der Waals surface area contributed by atoms with Gasteiger partial charge < -0.3 is 15.6 Å². The highest BCUT2D eigenvalue weighted by atomic mass is 32.2. The second-order valence-corrected chi connectivity index (χ2v) is 4.65. The van der Waals surface area contributed by atoms with E-state index in [9.17, 15) is 0 Å². The number of nitrogen functional groups attached to an aromatic ring is 1. The van der Waals surface area contributed by atoms with Crippen molar-refractivity contribution < 1.29 is 4.55 Å². The fourth-order valence-corrected chi connectivity index (χ4v) is 1.77. The molecule has 4 N–H and O–H groups in total. The van der Waals surface area contributed by atoms with Crippen molar-refractivity contribution in [3.63, 3.8) is 0 Å². The summed E-state index contributed by atoms with van der Waals surface area (Å²) < 4.78 is 8.38. The summed E-state index contributed by atoms with van der Waals surface area (Å²) >= 11 is 0.950. The average molecular weight is 256 g/mol. The molecule has 1 unspecified atom stereocenters. The zero-order chi connectivity index (χ0) is 13.1. The first-order valence-corrected chi connectivity index (χ1v) is 6.87. The van der Waals surface area contributed by atoms with Gasteiger partial charge in [-0.1, -0.05) is 26.7 Å². The number of benzene rings is 1. The third-order valence-corrected chi connectivity index (χ3v) is 3.06. The Bertz CT molecular complexity index is 271. The maximum Gasteiger partial charge on any atom is 0.0339 e. The second kappa shape index (κ2) is 10.3. The molecule has 17 heavy (non-hydrogen) atoms. The van der Waals surface area contributed by atoms with Gasteiger partial charge in [0.05, 0.1) is 0 Å². The van der Waals surface area contributed by atoms with Gasteiger partial charge in [-0.05, 0) is 42.2 Å². The Morgan fingerprint density at radius 2 is 1.94 bits per heavy atom. The molecule has 0 bridgehead atoms. The van der Waals surface area contributed by atoms with E-state index >= 15 is 0 Å². The SMILES string of the molecule is CCCC(C)CSO.CNc1ccc(N)cc1. The van der Waals surface area contributed by atoms with Crippen LogP contribution in [0.25, 0.3) is 0 Å². The third kappa shape index (κ3) is 8.89. The van der Waals surface area contributed by atoms with Gasteiger partial charge >= 0.3 is 0 Å². The summed E-state index contributed by atoms with van der Waals surface area (Å²) in [6, 6.07) is 7.61. The molecule has 0 saturated carbocycles. The van der Waals surface area contributed by atoms with Crippen molar-refractivity contribution in [3.8, 4) is 0 Å². The van der Waals surface area contributed by atoms with Crippen LogP contribution < -0.4 is 11.1 Å². The average Bonchev–Trinajstić information content (AvgIpc) is 2.32. The minimum atomic E-state index is 0.676. The molecule has 0 saturated heterocycles. The molecule has 98 valence electrons. The molecule has 3 nitrogen and oxygen atoms in total. The first-order valence-electron chi connectivity index (χ1n) is 5.93. The summed E-state index contributed by atoms with van der Waals surface area (Å²) in [5.41, 5.74) is 7.34. The number of nitrogens with two attached hydrogens (primary N) is 1. The molecule has 1 atom stereocenters. The van der Waals surface area contributed by atoms with Gasteiger partial charge in [0.2, 0.25) is 0 Å². The highest BCUT2D eigenvalue weighted by molar-refractivity contribution is 7.93. The fourth-order valence-electron chi connectivity index (χ4n) is 1.35. The predicted octanol–water partition coefficient (Wildman–Crippen LogP) is 3.94.